The summed E-state index contributed by atoms with van der Waals surface area (Å²) in [7, 11) is 0. The highest BCUT2D eigenvalue weighted by Gasteiger charge is 2.03. The summed E-state index contributed by atoms with van der Waals surface area (Å²) < 4.78 is 11.6. The Morgan fingerprint density at radius 2 is 1.92 bits per heavy atom. The maximum Gasteiger partial charge on any atom is 0.222 e. The number of unbranched alkanes of at least 4 members (excludes halogenated alkanes) is 1. The van der Waals surface area contributed by atoms with Gasteiger partial charge in [-0.1, -0.05) is 13.8 Å². The Bertz CT molecular complexity index is 126. The summed E-state index contributed by atoms with van der Waals surface area (Å²) in [6.07, 6.45) is 1.27. The fraction of sp³-hybridized carbons (Fsp3) is 0.700. The van der Waals surface area contributed by atoms with E-state index in [9.17, 15) is 9.18 Å². The summed E-state index contributed by atoms with van der Waals surface area (Å²) in [5.74, 6) is 0.0734. The molecule has 0 aliphatic heterocycles. The third kappa shape index (κ3) is 11.1. The minimum Gasteiger partial charge on any atom is -0.356 e. The molecule has 0 saturated carbocycles. The van der Waals surface area contributed by atoms with E-state index in [1.54, 1.807) is 0 Å². The van der Waals surface area contributed by atoms with Gasteiger partial charge >= 0.3 is 0 Å². The summed E-state index contributed by atoms with van der Waals surface area (Å²) >= 11 is 0. The van der Waals surface area contributed by atoms with Gasteiger partial charge < -0.3 is 5.32 Å². The van der Waals surface area contributed by atoms with Gasteiger partial charge in [0, 0.05) is 12.5 Å². The monoisotopic (exact) mass is 189 g/mol. The molecule has 13 heavy (non-hydrogen) atoms. The standard InChI is InChI=1S/C8H16FNO.C2H4/c1-7(2)8(11)10-6-4-3-5-9;1-2/h7H,3-6H2,1-2H3,(H,10,11);1-2H2. The molecule has 0 aliphatic carbocycles. The van der Waals surface area contributed by atoms with Crippen LogP contribution in [0.25, 0.3) is 0 Å². The van der Waals surface area contributed by atoms with Gasteiger partial charge in [0.15, 0.2) is 0 Å². The predicted molar refractivity (Wildman–Crippen MR) is 54.3 cm³/mol. The Hall–Kier alpha value is -0.860. The molecular formula is C10H20FNO. The van der Waals surface area contributed by atoms with Crippen LogP contribution in [0.1, 0.15) is 26.7 Å². The van der Waals surface area contributed by atoms with E-state index in [2.05, 4.69) is 18.5 Å². The zero-order valence-corrected chi connectivity index (χ0v) is 8.61. The van der Waals surface area contributed by atoms with Crippen LogP contribution in [0.2, 0.25) is 0 Å². The van der Waals surface area contributed by atoms with Crippen molar-refractivity contribution < 1.29 is 9.18 Å². The lowest BCUT2D eigenvalue weighted by atomic mass is 10.2. The maximum atomic E-state index is 11.6. The SMILES string of the molecule is C=C.CC(C)C(=O)NCCCCF. The molecule has 78 valence electrons. The van der Waals surface area contributed by atoms with Crippen LogP contribution in [0.4, 0.5) is 4.39 Å². The summed E-state index contributed by atoms with van der Waals surface area (Å²) in [4.78, 5) is 10.9. The van der Waals surface area contributed by atoms with Crippen LogP contribution in [0.3, 0.4) is 0 Å². The number of carbonyl (C=O) groups excluding carboxylic acids is 1. The highest BCUT2D eigenvalue weighted by Crippen LogP contribution is 1.92. The summed E-state index contributed by atoms with van der Waals surface area (Å²) in [6.45, 7) is 9.98. The third-order valence-corrected chi connectivity index (χ3v) is 1.38. The van der Waals surface area contributed by atoms with Crippen LogP contribution < -0.4 is 5.32 Å². The van der Waals surface area contributed by atoms with Gasteiger partial charge in [-0.25, -0.2) is 0 Å². The summed E-state index contributed by atoms with van der Waals surface area (Å²) in [6, 6.07) is 0. The van der Waals surface area contributed by atoms with Crippen molar-refractivity contribution in [3.8, 4) is 0 Å². The van der Waals surface area contributed by atoms with E-state index >= 15 is 0 Å². The molecule has 0 radical (unpaired) electrons. The van der Waals surface area contributed by atoms with E-state index in [1.807, 2.05) is 13.8 Å². The topological polar surface area (TPSA) is 29.1 Å². The van der Waals surface area contributed by atoms with Crippen molar-refractivity contribution in [3.05, 3.63) is 13.2 Å². The van der Waals surface area contributed by atoms with Crippen molar-refractivity contribution in [1.29, 1.82) is 0 Å². The van der Waals surface area contributed by atoms with Crippen LogP contribution >= 0.6 is 0 Å². The number of carbonyl (C=O) groups is 1. The molecule has 0 spiro atoms. The highest BCUT2D eigenvalue weighted by molar-refractivity contribution is 5.77. The Morgan fingerprint density at radius 3 is 2.31 bits per heavy atom. The van der Waals surface area contributed by atoms with E-state index < -0.39 is 0 Å². The lowest BCUT2D eigenvalue weighted by molar-refractivity contribution is -0.123. The van der Waals surface area contributed by atoms with E-state index in [-0.39, 0.29) is 18.5 Å². The Kier molecular flexibility index (Phi) is 12.6. The number of nitrogens with one attached hydrogen (secondary N) is 1. The molecule has 2 nitrogen and oxygen atoms in total. The molecule has 0 unspecified atom stereocenters. The van der Waals surface area contributed by atoms with Gasteiger partial charge in [-0.15, -0.1) is 13.2 Å². The Labute approximate surface area is 80.2 Å². The predicted octanol–water partition coefficient (Wildman–Crippen LogP) is 2.31. The second kappa shape index (κ2) is 11.1. The Morgan fingerprint density at radius 1 is 1.38 bits per heavy atom. The largest absolute Gasteiger partial charge is 0.356 e. The first-order valence-electron chi connectivity index (χ1n) is 4.52. The molecule has 0 aromatic heterocycles. The zero-order valence-electron chi connectivity index (χ0n) is 8.61. The average molecular weight is 189 g/mol. The first kappa shape index (κ1) is 14.7. The Balaban J connectivity index is 0. The third-order valence-electron chi connectivity index (χ3n) is 1.38. The number of amides is 1. The maximum absolute atomic E-state index is 11.6. The number of alkyl halides is 1. The van der Waals surface area contributed by atoms with Gasteiger partial charge in [0.25, 0.3) is 0 Å². The van der Waals surface area contributed by atoms with Gasteiger partial charge in [0.05, 0.1) is 6.67 Å². The fourth-order valence-corrected chi connectivity index (χ4v) is 0.635. The van der Waals surface area contributed by atoms with Crippen molar-refractivity contribution in [1.82, 2.24) is 5.32 Å². The molecule has 0 atom stereocenters. The minimum atomic E-state index is -0.294. The van der Waals surface area contributed by atoms with E-state index in [0.717, 1.165) is 6.42 Å². The molecular weight excluding hydrogens is 169 g/mol. The zero-order chi connectivity index (χ0) is 10.7. The number of hydrogen-bond acceptors (Lipinski definition) is 1. The van der Waals surface area contributed by atoms with Crippen LogP contribution in [0.15, 0.2) is 13.2 Å². The van der Waals surface area contributed by atoms with Crippen molar-refractivity contribution >= 4 is 5.91 Å². The summed E-state index contributed by atoms with van der Waals surface area (Å²) in [5, 5.41) is 2.71. The fourth-order valence-electron chi connectivity index (χ4n) is 0.635. The molecule has 3 heteroatoms. The smallest absolute Gasteiger partial charge is 0.222 e. The van der Waals surface area contributed by atoms with Gasteiger partial charge in [-0.2, -0.15) is 0 Å². The van der Waals surface area contributed by atoms with E-state index in [0.29, 0.717) is 13.0 Å². The first-order chi connectivity index (χ1) is 6.18. The second-order valence-corrected chi connectivity index (χ2v) is 2.84. The normalized spacial score (nSPS) is 8.92. The second-order valence-electron chi connectivity index (χ2n) is 2.84. The van der Waals surface area contributed by atoms with Gasteiger partial charge in [-0.3, -0.25) is 9.18 Å². The molecule has 1 N–H and O–H groups in total. The van der Waals surface area contributed by atoms with Crippen molar-refractivity contribution in [2.45, 2.75) is 26.7 Å². The molecule has 1 amide bonds. The van der Waals surface area contributed by atoms with Gasteiger partial charge in [0.2, 0.25) is 5.91 Å². The lowest BCUT2D eigenvalue weighted by Gasteiger charge is -2.05. The highest BCUT2D eigenvalue weighted by atomic mass is 19.1. The van der Waals surface area contributed by atoms with Crippen molar-refractivity contribution in [2.24, 2.45) is 5.92 Å². The lowest BCUT2D eigenvalue weighted by Crippen LogP contribution is -2.28. The van der Waals surface area contributed by atoms with E-state index in [1.165, 1.54) is 0 Å². The van der Waals surface area contributed by atoms with Crippen LogP contribution in [-0.2, 0) is 4.79 Å². The van der Waals surface area contributed by atoms with Crippen LogP contribution in [0, 0.1) is 5.92 Å². The molecule has 0 rings (SSSR count). The molecule has 0 heterocycles. The molecule has 0 bridgehead atoms. The summed E-state index contributed by atoms with van der Waals surface area (Å²) in [5.41, 5.74) is 0. The van der Waals surface area contributed by atoms with Crippen LogP contribution in [-0.4, -0.2) is 19.1 Å². The molecule has 0 fully saturated rings. The average Bonchev–Trinajstić information content (AvgIpc) is 2.15. The van der Waals surface area contributed by atoms with Gasteiger partial charge in [-0.05, 0) is 12.8 Å². The molecule has 0 aromatic rings. The number of halogens is 1. The van der Waals surface area contributed by atoms with E-state index in [4.69, 9.17) is 0 Å². The minimum absolute atomic E-state index is 0.0281. The van der Waals surface area contributed by atoms with Crippen molar-refractivity contribution in [2.75, 3.05) is 13.2 Å². The van der Waals surface area contributed by atoms with Gasteiger partial charge in [0.1, 0.15) is 0 Å². The number of hydrogen-bond donors (Lipinski definition) is 1. The molecule has 0 aliphatic rings. The van der Waals surface area contributed by atoms with Crippen LogP contribution in [0.5, 0.6) is 0 Å². The van der Waals surface area contributed by atoms with Crippen molar-refractivity contribution in [3.63, 3.8) is 0 Å². The first-order valence-corrected chi connectivity index (χ1v) is 4.52. The number of rotatable bonds is 5. The molecule has 0 saturated heterocycles. The quantitative estimate of drug-likeness (QED) is 0.522. The molecule has 0 aromatic carbocycles.